The summed E-state index contributed by atoms with van der Waals surface area (Å²) >= 11 is 1.37. The Labute approximate surface area is 103 Å². The normalized spacial score (nSPS) is 28.6. The van der Waals surface area contributed by atoms with Gasteiger partial charge in [-0.25, -0.2) is 0 Å². The van der Waals surface area contributed by atoms with Gasteiger partial charge in [-0.1, -0.05) is 11.8 Å². The van der Waals surface area contributed by atoms with Crippen LogP contribution in [0, 0.1) is 5.92 Å². The Morgan fingerprint density at radius 3 is 2.50 bits per heavy atom. The maximum atomic E-state index is 11.8. The summed E-state index contributed by atoms with van der Waals surface area (Å²) in [5, 5.41) is 0.279. The zero-order chi connectivity index (χ0) is 11.5. The van der Waals surface area contributed by atoms with Gasteiger partial charge in [-0.05, 0) is 58.0 Å². The van der Waals surface area contributed by atoms with Gasteiger partial charge in [0.1, 0.15) is 0 Å². The van der Waals surface area contributed by atoms with E-state index in [2.05, 4.69) is 16.8 Å². The first-order valence-corrected chi connectivity index (χ1v) is 7.48. The van der Waals surface area contributed by atoms with Crippen LogP contribution in [-0.2, 0) is 0 Å². The van der Waals surface area contributed by atoms with Crippen molar-refractivity contribution in [2.45, 2.75) is 31.7 Å². The van der Waals surface area contributed by atoms with Crippen LogP contribution in [0.5, 0.6) is 0 Å². The molecule has 0 aromatic rings. The van der Waals surface area contributed by atoms with Gasteiger partial charge in [-0.3, -0.25) is 4.79 Å². The second-order valence-electron chi connectivity index (χ2n) is 5.01. The van der Waals surface area contributed by atoms with Crippen molar-refractivity contribution in [3.8, 4) is 0 Å². The summed E-state index contributed by atoms with van der Waals surface area (Å²) in [6, 6.07) is 0.536. The summed E-state index contributed by atoms with van der Waals surface area (Å²) in [6.07, 6.45) is 6.84. The minimum absolute atomic E-state index is 0.279. The van der Waals surface area contributed by atoms with Crippen LogP contribution >= 0.6 is 11.8 Å². The first-order valence-electron chi connectivity index (χ1n) is 6.25. The predicted octanol–water partition coefficient (Wildman–Crippen LogP) is 2.28. The zero-order valence-corrected chi connectivity index (χ0v) is 11.1. The summed E-state index contributed by atoms with van der Waals surface area (Å²) in [5.41, 5.74) is 0. The van der Waals surface area contributed by atoms with Crippen molar-refractivity contribution in [1.29, 1.82) is 0 Å². The highest BCUT2D eigenvalue weighted by Gasteiger charge is 2.35. The Balaban J connectivity index is 1.94. The van der Waals surface area contributed by atoms with E-state index in [1.807, 2.05) is 6.26 Å². The van der Waals surface area contributed by atoms with Crippen LogP contribution in [0.2, 0.25) is 0 Å². The maximum absolute atomic E-state index is 11.8. The highest BCUT2D eigenvalue weighted by atomic mass is 32.2. The van der Waals surface area contributed by atoms with Gasteiger partial charge in [0.05, 0.1) is 0 Å². The molecule has 0 radical (unpaired) electrons. The van der Waals surface area contributed by atoms with E-state index >= 15 is 0 Å². The Morgan fingerprint density at radius 1 is 1.19 bits per heavy atom. The molecule has 92 valence electrons. The number of likely N-dealkylation sites (tertiary alicyclic amines) is 2. The lowest BCUT2D eigenvalue weighted by Gasteiger charge is -2.36. The van der Waals surface area contributed by atoms with Gasteiger partial charge >= 0.3 is 0 Å². The quantitative estimate of drug-likeness (QED) is 0.705. The number of carbonyl (C=O) groups excluding carboxylic acids is 1. The van der Waals surface area contributed by atoms with Gasteiger partial charge in [0.2, 0.25) is 0 Å². The van der Waals surface area contributed by atoms with E-state index in [9.17, 15) is 4.79 Å². The van der Waals surface area contributed by atoms with Crippen molar-refractivity contribution in [3.63, 3.8) is 0 Å². The summed E-state index contributed by atoms with van der Waals surface area (Å²) in [6.45, 7) is 3.38. The third-order valence-corrected chi connectivity index (χ3v) is 4.60. The molecule has 1 unspecified atom stereocenters. The molecule has 16 heavy (non-hydrogen) atoms. The number of rotatable bonds is 1. The molecule has 0 bridgehead atoms. The number of nitrogens with zero attached hydrogens (tertiary/aromatic N) is 2. The van der Waals surface area contributed by atoms with Gasteiger partial charge in [-0.2, -0.15) is 0 Å². The average Bonchev–Trinajstić information content (AvgIpc) is 2.78. The van der Waals surface area contributed by atoms with Crippen LogP contribution in [0.15, 0.2) is 0 Å². The molecule has 2 aliphatic heterocycles. The Morgan fingerprint density at radius 2 is 1.88 bits per heavy atom. The minimum atomic E-state index is 0.279. The zero-order valence-electron chi connectivity index (χ0n) is 10.3. The fourth-order valence-corrected chi connectivity index (χ4v) is 3.50. The van der Waals surface area contributed by atoms with Gasteiger partial charge in [-0.15, -0.1) is 0 Å². The molecule has 0 saturated carbocycles. The van der Waals surface area contributed by atoms with Crippen LogP contribution in [0.3, 0.4) is 0 Å². The van der Waals surface area contributed by atoms with Gasteiger partial charge in [0.25, 0.3) is 5.24 Å². The first-order chi connectivity index (χ1) is 7.72. The van der Waals surface area contributed by atoms with E-state index in [1.165, 1.54) is 50.5 Å². The van der Waals surface area contributed by atoms with Crippen LogP contribution in [-0.4, -0.2) is 54.0 Å². The van der Waals surface area contributed by atoms with Crippen molar-refractivity contribution < 1.29 is 4.79 Å². The largest absolute Gasteiger partial charge is 0.330 e. The summed E-state index contributed by atoms with van der Waals surface area (Å²) in [5.74, 6) is 0.745. The third-order valence-electron chi connectivity index (χ3n) is 4.02. The highest BCUT2D eigenvalue weighted by Crippen LogP contribution is 2.32. The Bertz CT molecular complexity index is 251. The topological polar surface area (TPSA) is 23.6 Å². The summed E-state index contributed by atoms with van der Waals surface area (Å²) < 4.78 is 0. The number of hydrogen-bond donors (Lipinski definition) is 0. The molecule has 0 aromatic heterocycles. The first kappa shape index (κ1) is 12.2. The minimum Gasteiger partial charge on any atom is -0.330 e. The molecular formula is C12H22N2OS. The van der Waals surface area contributed by atoms with Crippen molar-refractivity contribution in [2.75, 3.05) is 32.9 Å². The SMILES string of the molecule is CSC(=O)N1CCCC1C1CCN(C)CC1. The Hall–Kier alpha value is -0.220. The molecule has 0 spiro atoms. The fraction of sp³-hybridized carbons (Fsp3) is 0.917. The van der Waals surface area contributed by atoms with Crippen molar-refractivity contribution in [1.82, 2.24) is 9.80 Å². The van der Waals surface area contributed by atoms with Crippen LogP contribution in [0.1, 0.15) is 25.7 Å². The average molecular weight is 242 g/mol. The molecule has 3 nitrogen and oxygen atoms in total. The molecule has 2 fully saturated rings. The highest BCUT2D eigenvalue weighted by molar-refractivity contribution is 8.12. The second kappa shape index (κ2) is 5.41. The molecule has 2 heterocycles. The van der Waals surface area contributed by atoms with Gasteiger partial charge < -0.3 is 9.80 Å². The van der Waals surface area contributed by atoms with Crippen LogP contribution in [0.4, 0.5) is 4.79 Å². The fourth-order valence-electron chi connectivity index (χ4n) is 3.04. The molecule has 0 aromatic carbocycles. The molecule has 2 saturated heterocycles. The number of thioether (sulfide) groups is 1. The lowest BCUT2D eigenvalue weighted by molar-refractivity contribution is 0.143. The third kappa shape index (κ3) is 2.54. The van der Waals surface area contributed by atoms with E-state index in [4.69, 9.17) is 0 Å². The van der Waals surface area contributed by atoms with E-state index < -0.39 is 0 Å². The van der Waals surface area contributed by atoms with Gasteiger partial charge in [0, 0.05) is 12.6 Å². The molecular weight excluding hydrogens is 220 g/mol. The van der Waals surface area contributed by atoms with Crippen molar-refractivity contribution in [3.05, 3.63) is 0 Å². The van der Waals surface area contributed by atoms with Crippen molar-refractivity contribution in [2.24, 2.45) is 5.92 Å². The smallest absolute Gasteiger partial charge is 0.281 e. The molecule has 4 heteroatoms. The second-order valence-corrected chi connectivity index (χ2v) is 5.77. The molecule has 2 rings (SSSR count). The molecule has 1 amide bonds. The number of piperidine rings is 1. The molecule has 0 aliphatic carbocycles. The van der Waals surface area contributed by atoms with Crippen molar-refractivity contribution >= 4 is 17.0 Å². The van der Waals surface area contributed by atoms with E-state index in [1.54, 1.807) is 0 Å². The predicted molar refractivity (Wildman–Crippen MR) is 68.9 cm³/mol. The van der Waals surface area contributed by atoms with Crippen LogP contribution in [0.25, 0.3) is 0 Å². The standard InChI is InChI=1S/C12H22N2OS/c1-13-8-5-10(6-9-13)11-4-3-7-14(11)12(15)16-2/h10-11H,3-9H2,1-2H3. The number of hydrogen-bond acceptors (Lipinski definition) is 3. The Kier molecular flexibility index (Phi) is 4.14. The number of amides is 1. The van der Waals surface area contributed by atoms with Gasteiger partial charge in [0.15, 0.2) is 0 Å². The van der Waals surface area contributed by atoms with E-state index in [0.717, 1.165) is 12.5 Å². The molecule has 0 N–H and O–H groups in total. The summed E-state index contributed by atoms with van der Waals surface area (Å²) in [7, 11) is 2.19. The van der Waals surface area contributed by atoms with E-state index in [0.29, 0.717) is 6.04 Å². The summed E-state index contributed by atoms with van der Waals surface area (Å²) in [4.78, 5) is 16.3. The van der Waals surface area contributed by atoms with Crippen LogP contribution < -0.4 is 0 Å². The van der Waals surface area contributed by atoms with E-state index in [-0.39, 0.29) is 5.24 Å². The monoisotopic (exact) mass is 242 g/mol. The lowest BCUT2D eigenvalue weighted by atomic mass is 9.88. The maximum Gasteiger partial charge on any atom is 0.281 e. The molecule has 1 atom stereocenters. The number of carbonyl (C=O) groups is 1. The molecule has 2 aliphatic rings. The lowest BCUT2D eigenvalue weighted by Crippen LogP contribution is -2.42.